The van der Waals surface area contributed by atoms with Crippen molar-refractivity contribution >= 4 is 50.6 Å². The Morgan fingerprint density at radius 2 is 1.96 bits per heavy atom. The third kappa shape index (κ3) is 7.61. The van der Waals surface area contributed by atoms with E-state index in [0.29, 0.717) is 42.7 Å². The number of aromatic nitrogens is 1. The zero-order valence-electron chi connectivity index (χ0n) is 29.5. The minimum Gasteiger partial charge on any atom is -0.496 e. The highest BCUT2D eigenvalue weighted by Crippen LogP contribution is 2.46. The highest BCUT2D eigenvalue weighted by molar-refractivity contribution is 7.91. The van der Waals surface area contributed by atoms with Gasteiger partial charge in [0.1, 0.15) is 23.4 Å². The van der Waals surface area contributed by atoms with Crippen molar-refractivity contribution in [3.8, 4) is 11.6 Å². The molecule has 51 heavy (non-hydrogen) atoms. The number of nitrogens with zero attached hydrogens (tertiary/aromatic N) is 2. The van der Waals surface area contributed by atoms with Crippen molar-refractivity contribution in [2.45, 2.75) is 88.7 Å². The van der Waals surface area contributed by atoms with Gasteiger partial charge in [-0.15, -0.1) is 6.58 Å². The maximum Gasteiger partial charge on any atom is 0.306 e. The van der Waals surface area contributed by atoms with Gasteiger partial charge in [-0.25, -0.2) is 13.4 Å². The molecule has 1 saturated heterocycles. The van der Waals surface area contributed by atoms with Crippen LogP contribution in [0.15, 0.2) is 43.1 Å². The highest BCUT2D eigenvalue weighted by atomic mass is 32.2. The first-order valence-electron chi connectivity index (χ1n) is 17.4. The molecule has 4 bridgehead atoms. The van der Waals surface area contributed by atoms with Crippen LogP contribution in [0.5, 0.6) is 11.6 Å². The third-order valence-corrected chi connectivity index (χ3v) is 12.1. The monoisotopic (exact) mass is 722 g/mol. The zero-order chi connectivity index (χ0) is 36.7. The number of nitrogens with one attached hydrogen (secondary N) is 2. The maximum atomic E-state index is 14.5. The molecule has 4 aliphatic rings. The fourth-order valence-electron chi connectivity index (χ4n) is 6.93. The third-order valence-electron chi connectivity index (χ3n) is 10.2. The van der Waals surface area contributed by atoms with Gasteiger partial charge < -0.3 is 24.4 Å². The summed E-state index contributed by atoms with van der Waals surface area (Å²) in [7, 11) is -2.29. The van der Waals surface area contributed by atoms with Gasteiger partial charge in [-0.05, 0) is 61.1 Å². The molecule has 6 rings (SSSR count). The van der Waals surface area contributed by atoms with E-state index in [0.717, 1.165) is 10.9 Å². The number of sulfonamides is 1. The Bertz CT molecular complexity index is 1880. The van der Waals surface area contributed by atoms with E-state index < -0.39 is 73.9 Å². The molecule has 2 aliphatic heterocycles. The van der Waals surface area contributed by atoms with E-state index in [2.05, 4.69) is 21.6 Å². The van der Waals surface area contributed by atoms with Crippen LogP contribution in [0.25, 0.3) is 16.8 Å². The van der Waals surface area contributed by atoms with Crippen molar-refractivity contribution in [1.82, 2.24) is 19.9 Å². The SMILES string of the molecule is C=C[C@H]1C[C@]1(NC(=O)[C@@H]1C[C@@H]2CN1C(=O)[C@H](C(C)(C)C)CC(=O)OCCC/C=C/c1cc3c(nccc3cc1OC)O2)C(=O)NS(=O)(=O)C1CC1. The van der Waals surface area contributed by atoms with Gasteiger partial charge in [0.15, 0.2) is 0 Å². The predicted octanol–water partition coefficient (Wildman–Crippen LogP) is 3.66. The smallest absolute Gasteiger partial charge is 0.306 e. The summed E-state index contributed by atoms with van der Waals surface area (Å²) >= 11 is 0. The quantitative estimate of drug-likeness (QED) is 0.318. The molecule has 2 N–H and O–H groups in total. The Morgan fingerprint density at radius 1 is 1.20 bits per heavy atom. The summed E-state index contributed by atoms with van der Waals surface area (Å²) < 4.78 is 45.2. The largest absolute Gasteiger partial charge is 0.496 e. The van der Waals surface area contributed by atoms with Crippen LogP contribution in [0.3, 0.4) is 0 Å². The molecule has 0 spiro atoms. The van der Waals surface area contributed by atoms with E-state index >= 15 is 0 Å². The summed E-state index contributed by atoms with van der Waals surface area (Å²) in [5.74, 6) is -2.80. The lowest BCUT2D eigenvalue weighted by Gasteiger charge is -2.35. The molecule has 1 aromatic heterocycles. The molecule has 13 nitrogen and oxygen atoms in total. The number of rotatable bonds is 7. The van der Waals surface area contributed by atoms with Gasteiger partial charge in [0.2, 0.25) is 27.7 Å². The van der Waals surface area contributed by atoms with Gasteiger partial charge in [-0.2, -0.15) is 0 Å². The standard InChI is InChI=1S/C37H46N4O9S/c1-6-24-20-37(24,35(45)40-51(46,47)26-11-12-26)39-32(43)29-18-25-21-41(29)34(44)28(36(2,3)4)19-31(42)49-15-9-7-8-10-23-16-27-22(17-30(23)48-5)13-14-38-33(27)50-25/h6,8,10,13-14,16-17,24-26,28-29H,1,7,9,11-12,15,18-21H2,2-5H3,(H,39,43)(H,40,45)/b10-8+/t24-,25+,28+,29-,37+/m0/s1. The molecule has 274 valence electrons. The molecular weight excluding hydrogens is 676 g/mol. The first-order chi connectivity index (χ1) is 24.2. The summed E-state index contributed by atoms with van der Waals surface area (Å²) in [6.45, 7) is 9.50. The van der Waals surface area contributed by atoms with Crippen molar-refractivity contribution in [3.05, 3.63) is 48.7 Å². The number of hydrogen-bond acceptors (Lipinski definition) is 10. The lowest BCUT2D eigenvalue weighted by molar-refractivity contribution is -0.153. The van der Waals surface area contributed by atoms with E-state index in [1.807, 2.05) is 51.1 Å². The first kappa shape index (κ1) is 36.3. The van der Waals surface area contributed by atoms with E-state index in [1.54, 1.807) is 13.3 Å². The summed E-state index contributed by atoms with van der Waals surface area (Å²) in [6.07, 6.45) is 8.50. The van der Waals surface area contributed by atoms with Gasteiger partial charge in [0.05, 0.1) is 37.9 Å². The highest BCUT2D eigenvalue weighted by Gasteiger charge is 2.62. The second-order valence-electron chi connectivity index (χ2n) is 15.0. The average Bonchev–Trinajstić information content (AvgIpc) is 4.00. The van der Waals surface area contributed by atoms with Crippen molar-refractivity contribution in [2.24, 2.45) is 17.3 Å². The number of amides is 3. The molecule has 1 aromatic carbocycles. The zero-order valence-corrected chi connectivity index (χ0v) is 30.3. The Balaban J connectivity index is 1.35. The Hall–Kier alpha value is -4.46. The predicted molar refractivity (Wildman–Crippen MR) is 189 cm³/mol. The number of fused-ring (bicyclic) bond motifs is 3. The minimum absolute atomic E-state index is 0.000325. The number of hydrogen-bond donors (Lipinski definition) is 2. The number of allylic oxidation sites excluding steroid dienone is 1. The van der Waals surface area contributed by atoms with Gasteiger partial charge in [0.25, 0.3) is 5.91 Å². The Kier molecular flexibility index (Phi) is 9.92. The molecule has 0 radical (unpaired) electrons. The van der Waals surface area contributed by atoms with Crippen LogP contribution in [0, 0.1) is 17.3 Å². The molecule has 2 aliphatic carbocycles. The lowest BCUT2D eigenvalue weighted by atomic mass is 9.77. The van der Waals surface area contributed by atoms with Crippen LogP contribution >= 0.6 is 0 Å². The molecule has 5 atom stereocenters. The van der Waals surface area contributed by atoms with Gasteiger partial charge in [-0.3, -0.25) is 23.9 Å². The van der Waals surface area contributed by atoms with Crippen LogP contribution < -0.4 is 19.5 Å². The Morgan fingerprint density at radius 3 is 2.63 bits per heavy atom. The van der Waals surface area contributed by atoms with E-state index in [4.69, 9.17) is 14.2 Å². The van der Waals surface area contributed by atoms with Gasteiger partial charge in [-0.1, -0.05) is 39.0 Å². The van der Waals surface area contributed by atoms with E-state index in [1.165, 1.54) is 11.0 Å². The Labute approximate surface area is 298 Å². The maximum absolute atomic E-state index is 14.5. The number of pyridine rings is 1. The summed E-state index contributed by atoms with van der Waals surface area (Å²) in [5, 5.41) is 3.71. The molecular formula is C37H46N4O9S. The number of benzene rings is 1. The number of cyclic esters (lactones) is 1. The first-order valence-corrected chi connectivity index (χ1v) is 19.0. The molecule has 3 heterocycles. The van der Waals surface area contributed by atoms with E-state index in [-0.39, 0.29) is 32.4 Å². The molecule has 3 fully saturated rings. The molecule has 0 unspecified atom stereocenters. The molecule has 2 aromatic rings. The van der Waals surface area contributed by atoms with Crippen LogP contribution in [-0.4, -0.2) is 85.2 Å². The second-order valence-corrected chi connectivity index (χ2v) is 16.9. The summed E-state index contributed by atoms with van der Waals surface area (Å²) in [5.41, 5.74) is -1.42. The van der Waals surface area contributed by atoms with Crippen molar-refractivity contribution in [2.75, 3.05) is 20.3 Å². The van der Waals surface area contributed by atoms with Crippen LogP contribution in [0.1, 0.15) is 71.3 Å². The lowest BCUT2D eigenvalue weighted by Crippen LogP contribution is -2.57. The van der Waals surface area contributed by atoms with Crippen molar-refractivity contribution in [1.29, 1.82) is 0 Å². The van der Waals surface area contributed by atoms with E-state index in [9.17, 15) is 27.6 Å². The molecule has 2 saturated carbocycles. The number of carbonyl (C=O) groups is 4. The fraction of sp³-hybridized carbons (Fsp3) is 0.541. The van der Waals surface area contributed by atoms with Crippen LogP contribution in [0.4, 0.5) is 0 Å². The average molecular weight is 723 g/mol. The topological polar surface area (TPSA) is 170 Å². The number of ether oxygens (including phenoxy) is 3. The number of methoxy groups -OCH3 is 1. The van der Waals surface area contributed by atoms with Crippen LogP contribution in [0.2, 0.25) is 0 Å². The van der Waals surface area contributed by atoms with Gasteiger partial charge >= 0.3 is 5.97 Å². The van der Waals surface area contributed by atoms with Crippen molar-refractivity contribution in [3.63, 3.8) is 0 Å². The van der Waals surface area contributed by atoms with Crippen LogP contribution in [-0.2, 0) is 33.9 Å². The second kappa shape index (κ2) is 13.9. The summed E-state index contributed by atoms with van der Waals surface area (Å²) in [6, 6.07) is 4.54. The van der Waals surface area contributed by atoms with Gasteiger partial charge in [0, 0.05) is 29.5 Å². The fourth-order valence-corrected chi connectivity index (χ4v) is 8.29. The van der Waals surface area contributed by atoms with Crippen molar-refractivity contribution < 1.29 is 41.8 Å². The number of carbonyl (C=O) groups excluding carboxylic acids is 4. The molecule has 3 amide bonds. The summed E-state index contributed by atoms with van der Waals surface area (Å²) in [4.78, 5) is 61.2. The normalized spacial score (nSPS) is 27.8. The molecule has 14 heteroatoms. The number of esters is 1. The minimum atomic E-state index is -3.89.